The highest BCUT2D eigenvalue weighted by molar-refractivity contribution is 5.81. The molecule has 0 aromatic carbocycles. The Bertz CT molecular complexity index is 188. The number of rotatable bonds is 8. The van der Waals surface area contributed by atoms with Gasteiger partial charge >= 0.3 is 0 Å². The van der Waals surface area contributed by atoms with Crippen LogP contribution in [0.15, 0.2) is 0 Å². The molecule has 3 nitrogen and oxygen atoms in total. The van der Waals surface area contributed by atoms with E-state index >= 15 is 0 Å². The van der Waals surface area contributed by atoms with E-state index in [2.05, 4.69) is 5.32 Å². The number of ketones is 2. The van der Waals surface area contributed by atoms with Crippen molar-refractivity contribution in [2.45, 2.75) is 40.5 Å². The van der Waals surface area contributed by atoms with Crippen LogP contribution >= 0.6 is 0 Å². The lowest BCUT2D eigenvalue weighted by atomic mass is 10.1. The predicted molar refractivity (Wildman–Crippen MR) is 61.8 cm³/mol. The fraction of sp³-hybridized carbons (Fsp3) is 0.833. The molecule has 88 valence electrons. The zero-order valence-corrected chi connectivity index (χ0v) is 10.3. The number of nitrogens with one attached hydrogen (secondary N) is 1. The van der Waals surface area contributed by atoms with Gasteiger partial charge in [-0.2, -0.15) is 0 Å². The Morgan fingerprint density at radius 1 is 0.867 bits per heavy atom. The Hall–Kier alpha value is -0.700. The number of carbonyl (C=O) groups excluding carboxylic acids is 2. The van der Waals surface area contributed by atoms with E-state index in [0.717, 1.165) is 0 Å². The summed E-state index contributed by atoms with van der Waals surface area (Å²) in [5, 5.41) is 3.12. The van der Waals surface area contributed by atoms with Crippen LogP contribution in [-0.4, -0.2) is 24.7 Å². The Balaban J connectivity index is 3.40. The summed E-state index contributed by atoms with van der Waals surface area (Å²) in [6.07, 6.45) is 1.13. The first kappa shape index (κ1) is 14.3. The van der Waals surface area contributed by atoms with Crippen molar-refractivity contribution < 1.29 is 9.59 Å². The molecule has 0 amide bonds. The van der Waals surface area contributed by atoms with Gasteiger partial charge in [-0.05, 0) is 0 Å². The van der Waals surface area contributed by atoms with Crippen LogP contribution < -0.4 is 5.32 Å². The SMILES string of the molecule is CC(C)C(=O)CCNCCC(=O)C(C)C. The molecule has 0 atom stereocenters. The van der Waals surface area contributed by atoms with Crippen LogP contribution in [0.2, 0.25) is 0 Å². The summed E-state index contributed by atoms with van der Waals surface area (Å²) in [6.45, 7) is 9.00. The minimum atomic E-state index is 0.115. The Kier molecular flexibility index (Phi) is 7.22. The summed E-state index contributed by atoms with van der Waals surface area (Å²) in [6, 6.07) is 0. The summed E-state index contributed by atoms with van der Waals surface area (Å²) in [7, 11) is 0. The molecule has 0 aromatic rings. The fourth-order valence-corrected chi connectivity index (χ4v) is 1.13. The van der Waals surface area contributed by atoms with Gasteiger partial charge in [-0.1, -0.05) is 27.7 Å². The van der Waals surface area contributed by atoms with Crippen molar-refractivity contribution in [1.82, 2.24) is 5.32 Å². The maximum absolute atomic E-state index is 11.2. The first-order valence-electron chi connectivity index (χ1n) is 5.71. The molecule has 3 heteroatoms. The highest BCUT2D eigenvalue weighted by atomic mass is 16.1. The lowest BCUT2D eigenvalue weighted by molar-refractivity contribution is -0.122. The molecule has 0 saturated carbocycles. The van der Waals surface area contributed by atoms with Gasteiger partial charge in [-0.3, -0.25) is 9.59 Å². The molecule has 0 fully saturated rings. The number of hydrogen-bond acceptors (Lipinski definition) is 3. The first-order valence-corrected chi connectivity index (χ1v) is 5.71. The number of carbonyl (C=O) groups is 2. The standard InChI is InChI=1S/C12H23NO2/c1-9(2)11(14)5-7-13-8-6-12(15)10(3)4/h9-10,13H,5-8H2,1-4H3. The molecule has 0 aliphatic rings. The lowest BCUT2D eigenvalue weighted by Gasteiger charge is -2.06. The van der Waals surface area contributed by atoms with Gasteiger partial charge in [0.1, 0.15) is 11.6 Å². The Morgan fingerprint density at radius 2 is 1.20 bits per heavy atom. The summed E-state index contributed by atoms with van der Waals surface area (Å²) in [5.74, 6) is 0.781. The van der Waals surface area contributed by atoms with E-state index in [9.17, 15) is 9.59 Å². The van der Waals surface area contributed by atoms with Crippen molar-refractivity contribution in [3.63, 3.8) is 0 Å². The van der Waals surface area contributed by atoms with E-state index in [0.29, 0.717) is 25.9 Å². The zero-order chi connectivity index (χ0) is 11.8. The minimum absolute atomic E-state index is 0.115. The van der Waals surface area contributed by atoms with Crippen molar-refractivity contribution in [1.29, 1.82) is 0 Å². The third kappa shape index (κ3) is 7.25. The number of Topliss-reactive ketones (excluding diaryl/α,β-unsaturated/α-hetero) is 2. The molecule has 0 saturated heterocycles. The van der Waals surface area contributed by atoms with Crippen LogP contribution in [0.25, 0.3) is 0 Å². The van der Waals surface area contributed by atoms with Crippen molar-refractivity contribution in [3.05, 3.63) is 0 Å². The smallest absolute Gasteiger partial charge is 0.136 e. The third-order valence-electron chi connectivity index (χ3n) is 2.38. The Labute approximate surface area is 92.6 Å². The second-order valence-electron chi connectivity index (χ2n) is 4.49. The highest BCUT2D eigenvalue weighted by Gasteiger charge is 2.07. The normalized spacial score (nSPS) is 11.1. The van der Waals surface area contributed by atoms with Crippen LogP contribution in [0.3, 0.4) is 0 Å². The summed E-state index contributed by atoms with van der Waals surface area (Å²) < 4.78 is 0. The second-order valence-corrected chi connectivity index (χ2v) is 4.49. The third-order valence-corrected chi connectivity index (χ3v) is 2.38. The largest absolute Gasteiger partial charge is 0.316 e. The molecule has 0 aliphatic carbocycles. The zero-order valence-electron chi connectivity index (χ0n) is 10.3. The average molecular weight is 213 g/mol. The van der Waals surface area contributed by atoms with Gasteiger partial charge < -0.3 is 5.32 Å². The molecule has 0 spiro atoms. The van der Waals surface area contributed by atoms with Crippen molar-refractivity contribution in [2.24, 2.45) is 11.8 Å². The topological polar surface area (TPSA) is 46.2 Å². The van der Waals surface area contributed by atoms with Gasteiger partial charge in [0.15, 0.2) is 0 Å². The van der Waals surface area contributed by atoms with Crippen LogP contribution in [0.1, 0.15) is 40.5 Å². The van der Waals surface area contributed by atoms with Crippen LogP contribution in [0.4, 0.5) is 0 Å². The van der Waals surface area contributed by atoms with Gasteiger partial charge in [-0.15, -0.1) is 0 Å². The molecule has 1 N–H and O–H groups in total. The quantitative estimate of drug-likeness (QED) is 0.625. The van der Waals surface area contributed by atoms with Gasteiger partial charge in [-0.25, -0.2) is 0 Å². The lowest BCUT2D eigenvalue weighted by Crippen LogP contribution is -2.24. The first-order chi connectivity index (χ1) is 6.95. The predicted octanol–water partition coefficient (Wildman–Crippen LogP) is 1.81. The van der Waals surface area contributed by atoms with Crippen LogP contribution in [0.5, 0.6) is 0 Å². The second kappa shape index (κ2) is 7.57. The monoisotopic (exact) mass is 213 g/mol. The molecule has 0 bridgehead atoms. The number of hydrogen-bond donors (Lipinski definition) is 1. The molecule has 0 heterocycles. The maximum Gasteiger partial charge on any atom is 0.136 e. The van der Waals surface area contributed by atoms with E-state index in [1.54, 1.807) is 0 Å². The molecule has 0 aromatic heterocycles. The molecule has 15 heavy (non-hydrogen) atoms. The summed E-state index contributed by atoms with van der Waals surface area (Å²) >= 11 is 0. The van der Waals surface area contributed by atoms with Crippen molar-refractivity contribution >= 4 is 11.6 Å². The van der Waals surface area contributed by atoms with Gasteiger partial charge in [0, 0.05) is 37.8 Å². The molecule has 0 radical (unpaired) electrons. The maximum atomic E-state index is 11.2. The van der Waals surface area contributed by atoms with E-state index in [-0.39, 0.29) is 23.4 Å². The molecule has 0 unspecified atom stereocenters. The fourth-order valence-electron chi connectivity index (χ4n) is 1.13. The molecule has 0 aliphatic heterocycles. The average Bonchev–Trinajstić information content (AvgIpc) is 2.16. The highest BCUT2D eigenvalue weighted by Crippen LogP contribution is 1.98. The molecular weight excluding hydrogens is 190 g/mol. The van der Waals surface area contributed by atoms with Gasteiger partial charge in [0.05, 0.1) is 0 Å². The molecule has 0 rings (SSSR count). The van der Waals surface area contributed by atoms with Crippen LogP contribution in [-0.2, 0) is 9.59 Å². The van der Waals surface area contributed by atoms with Gasteiger partial charge in [0.2, 0.25) is 0 Å². The molecular formula is C12H23NO2. The van der Waals surface area contributed by atoms with Crippen LogP contribution in [0, 0.1) is 11.8 Å². The van der Waals surface area contributed by atoms with E-state index in [1.165, 1.54) is 0 Å². The van der Waals surface area contributed by atoms with E-state index < -0.39 is 0 Å². The summed E-state index contributed by atoms with van der Waals surface area (Å²) in [5.41, 5.74) is 0. The van der Waals surface area contributed by atoms with Crippen molar-refractivity contribution in [2.75, 3.05) is 13.1 Å². The van der Waals surface area contributed by atoms with E-state index in [1.807, 2.05) is 27.7 Å². The van der Waals surface area contributed by atoms with Gasteiger partial charge in [0.25, 0.3) is 0 Å². The minimum Gasteiger partial charge on any atom is -0.316 e. The van der Waals surface area contributed by atoms with E-state index in [4.69, 9.17) is 0 Å². The Morgan fingerprint density at radius 3 is 1.47 bits per heavy atom. The summed E-state index contributed by atoms with van der Waals surface area (Å²) in [4.78, 5) is 22.5. The van der Waals surface area contributed by atoms with Crippen molar-refractivity contribution in [3.8, 4) is 0 Å².